The normalized spacial score (nSPS) is 12.1. The molecule has 1 unspecified atom stereocenters. The number of para-hydroxylation sites is 1. The highest BCUT2D eigenvalue weighted by Gasteiger charge is 2.18. The van der Waals surface area contributed by atoms with Crippen LogP contribution >= 0.6 is 12.4 Å². The number of halogens is 1. The van der Waals surface area contributed by atoms with Crippen LogP contribution in [-0.2, 0) is 11.2 Å². The largest absolute Gasteiger partial charge is 0.494 e. The summed E-state index contributed by atoms with van der Waals surface area (Å²) in [5.74, 6) is -1.09. The van der Waals surface area contributed by atoms with Crippen LogP contribution in [0.3, 0.4) is 0 Å². The van der Waals surface area contributed by atoms with Gasteiger partial charge in [0.15, 0.2) is 5.88 Å². The molecule has 1 aromatic heterocycles. The molecule has 0 aliphatic carbocycles. The van der Waals surface area contributed by atoms with E-state index in [0.717, 1.165) is 10.9 Å². The number of fused-ring (bicyclic) bond motifs is 1. The summed E-state index contributed by atoms with van der Waals surface area (Å²) in [6, 6.07) is 6.27. The summed E-state index contributed by atoms with van der Waals surface area (Å²) >= 11 is 0. The van der Waals surface area contributed by atoms with Crippen LogP contribution in [0.25, 0.3) is 10.9 Å². The Labute approximate surface area is 104 Å². The Kier molecular flexibility index (Phi) is 3.98. The lowest BCUT2D eigenvalue weighted by molar-refractivity contribution is -0.138. The lowest BCUT2D eigenvalue weighted by Crippen LogP contribution is -2.32. The number of hydrogen-bond acceptors (Lipinski definition) is 3. The summed E-state index contributed by atoms with van der Waals surface area (Å²) in [5.41, 5.74) is 6.76. The summed E-state index contributed by atoms with van der Waals surface area (Å²) in [6.07, 6.45) is 0.102. The maximum Gasteiger partial charge on any atom is 0.320 e. The van der Waals surface area contributed by atoms with Crippen LogP contribution in [0.1, 0.15) is 5.56 Å². The molecule has 0 aliphatic heterocycles. The maximum atomic E-state index is 10.7. The van der Waals surface area contributed by atoms with Crippen molar-refractivity contribution in [2.24, 2.45) is 5.73 Å². The van der Waals surface area contributed by atoms with Crippen molar-refractivity contribution in [2.75, 3.05) is 0 Å². The second kappa shape index (κ2) is 5.07. The Bertz CT molecular complexity index is 538. The number of nitrogens with one attached hydrogen (secondary N) is 1. The molecule has 1 heterocycles. The average Bonchev–Trinajstić information content (AvgIpc) is 2.55. The van der Waals surface area contributed by atoms with E-state index in [4.69, 9.17) is 10.8 Å². The van der Waals surface area contributed by atoms with E-state index in [0.29, 0.717) is 5.56 Å². The summed E-state index contributed by atoms with van der Waals surface area (Å²) in [6.45, 7) is 0. The molecule has 0 radical (unpaired) electrons. The van der Waals surface area contributed by atoms with Crippen molar-refractivity contribution in [2.45, 2.75) is 12.5 Å². The summed E-state index contributed by atoms with van der Waals surface area (Å²) in [7, 11) is 0. The molecule has 0 saturated carbocycles. The van der Waals surface area contributed by atoms with Gasteiger partial charge in [0.2, 0.25) is 0 Å². The van der Waals surface area contributed by atoms with Gasteiger partial charge in [-0.15, -0.1) is 12.4 Å². The number of carboxylic acid groups (broad SMARTS) is 1. The molecule has 0 spiro atoms. The number of aliphatic carboxylic acids is 1. The van der Waals surface area contributed by atoms with E-state index in [1.54, 1.807) is 0 Å². The zero-order chi connectivity index (χ0) is 11.7. The number of aromatic nitrogens is 1. The molecule has 0 fully saturated rings. The number of nitrogens with two attached hydrogens (primary N) is 1. The molecule has 2 rings (SSSR count). The van der Waals surface area contributed by atoms with Gasteiger partial charge >= 0.3 is 5.97 Å². The number of hydrogen-bond donors (Lipinski definition) is 4. The van der Waals surface area contributed by atoms with Gasteiger partial charge in [-0.3, -0.25) is 4.79 Å². The van der Waals surface area contributed by atoms with E-state index in [2.05, 4.69) is 4.98 Å². The second-order valence-corrected chi connectivity index (χ2v) is 3.65. The fraction of sp³-hybridized carbons (Fsp3) is 0.182. The first kappa shape index (κ1) is 13.3. The lowest BCUT2D eigenvalue weighted by Gasteiger charge is -2.05. The number of aromatic hydroxyl groups is 1. The van der Waals surface area contributed by atoms with Crippen molar-refractivity contribution in [1.82, 2.24) is 4.98 Å². The third-order valence-corrected chi connectivity index (χ3v) is 2.53. The summed E-state index contributed by atoms with van der Waals surface area (Å²) < 4.78 is 0. The van der Waals surface area contributed by atoms with E-state index in [-0.39, 0.29) is 24.7 Å². The predicted octanol–water partition coefficient (Wildman–Crippen LogP) is 1.25. The molecule has 92 valence electrons. The fourth-order valence-corrected chi connectivity index (χ4v) is 1.70. The van der Waals surface area contributed by atoms with Gasteiger partial charge in [-0.05, 0) is 6.07 Å². The highest BCUT2D eigenvalue weighted by atomic mass is 35.5. The third-order valence-electron chi connectivity index (χ3n) is 2.53. The number of rotatable bonds is 3. The van der Waals surface area contributed by atoms with E-state index < -0.39 is 12.0 Å². The standard InChI is InChI=1S/C11H12N2O3.ClH/c12-8(11(15)16)5-7-6-3-1-2-4-9(6)13-10(7)14;/h1-4,8,13-14H,5,12H2,(H,15,16);1H. The van der Waals surface area contributed by atoms with Crippen LogP contribution in [-0.4, -0.2) is 27.2 Å². The van der Waals surface area contributed by atoms with Crippen molar-refractivity contribution in [1.29, 1.82) is 0 Å². The zero-order valence-electron chi connectivity index (χ0n) is 8.88. The van der Waals surface area contributed by atoms with E-state index in [1.165, 1.54) is 0 Å². The highest BCUT2D eigenvalue weighted by molar-refractivity contribution is 5.86. The molecule has 6 heteroatoms. The van der Waals surface area contributed by atoms with E-state index >= 15 is 0 Å². The Morgan fingerprint density at radius 2 is 2.06 bits per heavy atom. The second-order valence-electron chi connectivity index (χ2n) is 3.65. The van der Waals surface area contributed by atoms with Gasteiger partial charge in [0.05, 0.1) is 0 Å². The van der Waals surface area contributed by atoms with Gasteiger partial charge in [-0.1, -0.05) is 18.2 Å². The van der Waals surface area contributed by atoms with Crippen LogP contribution in [0.5, 0.6) is 5.88 Å². The Hall–Kier alpha value is -1.72. The highest BCUT2D eigenvalue weighted by Crippen LogP contribution is 2.27. The molecule has 0 amide bonds. The van der Waals surface area contributed by atoms with E-state index in [1.807, 2.05) is 24.3 Å². The van der Waals surface area contributed by atoms with Gasteiger partial charge in [0.1, 0.15) is 6.04 Å². The quantitative estimate of drug-likeness (QED) is 0.664. The van der Waals surface area contributed by atoms with Crippen LogP contribution in [0.15, 0.2) is 24.3 Å². The van der Waals surface area contributed by atoms with Gasteiger partial charge < -0.3 is 20.9 Å². The fourth-order valence-electron chi connectivity index (χ4n) is 1.70. The first-order valence-electron chi connectivity index (χ1n) is 4.86. The molecular formula is C11H13ClN2O3. The number of benzene rings is 1. The summed E-state index contributed by atoms with van der Waals surface area (Å²) in [5, 5.41) is 19.2. The van der Waals surface area contributed by atoms with Gasteiger partial charge in [-0.2, -0.15) is 0 Å². The SMILES string of the molecule is Cl.NC(Cc1c(O)[nH]c2ccccc12)C(=O)O. The Morgan fingerprint density at radius 3 is 2.71 bits per heavy atom. The van der Waals surface area contributed by atoms with Gasteiger partial charge in [-0.25, -0.2) is 0 Å². The van der Waals surface area contributed by atoms with Crippen molar-refractivity contribution in [3.05, 3.63) is 29.8 Å². The zero-order valence-corrected chi connectivity index (χ0v) is 9.70. The van der Waals surface area contributed by atoms with Crippen LogP contribution in [0.4, 0.5) is 0 Å². The smallest absolute Gasteiger partial charge is 0.320 e. The van der Waals surface area contributed by atoms with Crippen molar-refractivity contribution >= 4 is 29.3 Å². The minimum absolute atomic E-state index is 0. The van der Waals surface area contributed by atoms with Crippen molar-refractivity contribution < 1.29 is 15.0 Å². The molecular weight excluding hydrogens is 244 g/mol. The van der Waals surface area contributed by atoms with Crippen molar-refractivity contribution in [3.8, 4) is 5.88 Å². The molecule has 5 N–H and O–H groups in total. The minimum atomic E-state index is -1.08. The molecule has 17 heavy (non-hydrogen) atoms. The first-order valence-corrected chi connectivity index (χ1v) is 4.86. The molecule has 2 aromatic rings. The molecule has 0 aliphatic rings. The predicted molar refractivity (Wildman–Crippen MR) is 66.5 cm³/mol. The molecule has 1 aromatic carbocycles. The Morgan fingerprint density at radius 1 is 1.41 bits per heavy atom. The lowest BCUT2D eigenvalue weighted by atomic mass is 10.1. The van der Waals surface area contributed by atoms with Crippen LogP contribution < -0.4 is 5.73 Å². The monoisotopic (exact) mass is 256 g/mol. The Balaban J connectivity index is 0.00000144. The average molecular weight is 257 g/mol. The number of H-pyrrole nitrogens is 1. The van der Waals surface area contributed by atoms with E-state index in [9.17, 15) is 9.90 Å². The maximum absolute atomic E-state index is 10.7. The van der Waals surface area contributed by atoms with Crippen LogP contribution in [0, 0.1) is 0 Å². The molecule has 0 saturated heterocycles. The molecule has 0 bridgehead atoms. The third kappa shape index (κ3) is 2.51. The summed E-state index contributed by atoms with van der Waals surface area (Å²) in [4.78, 5) is 13.4. The van der Waals surface area contributed by atoms with Crippen LogP contribution in [0.2, 0.25) is 0 Å². The minimum Gasteiger partial charge on any atom is -0.494 e. The van der Waals surface area contributed by atoms with Crippen molar-refractivity contribution in [3.63, 3.8) is 0 Å². The molecule has 5 nitrogen and oxygen atoms in total. The van der Waals surface area contributed by atoms with Gasteiger partial charge in [0, 0.05) is 22.9 Å². The molecule has 1 atom stereocenters. The number of carboxylic acids is 1. The first-order chi connectivity index (χ1) is 7.59. The van der Waals surface area contributed by atoms with Gasteiger partial charge in [0.25, 0.3) is 0 Å². The topological polar surface area (TPSA) is 99.3 Å². The number of carbonyl (C=O) groups is 1. The number of aromatic amines is 1.